The first-order chi connectivity index (χ1) is 14.2. The average Bonchev–Trinajstić information content (AvgIpc) is 2.78. The van der Waals surface area contributed by atoms with Gasteiger partial charge in [0.15, 0.2) is 5.16 Å². The van der Waals surface area contributed by atoms with Gasteiger partial charge in [-0.15, -0.1) is 0 Å². The number of para-hydroxylation sites is 1. The van der Waals surface area contributed by atoms with Gasteiger partial charge >= 0.3 is 0 Å². The third-order valence-corrected chi connectivity index (χ3v) is 5.92. The highest BCUT2D eigenvalue weighted by molar-refractivity contribution is 7.98. The SMILES string of the molecule is C[C@@H](c1ccccc1)n1c(SCc2ccc(C#N)cc2)nc2ccccc2c1=O. The highest BCUT2D eigenvalue weighted by atomic mass is 32.2. The second kappa shape index (κ2) is 8.34. The van der Waals surface area contributed by atoms with Gasteiger partial charge in [-0.05, 0) is 42.3 Å². The van der Waals surface area contributed by atoms with E-state index in [0.29, 0.717) is 27.4 Å². The summed E-state index contributed by atoms with van der Waals surface area (Å²) in [6.45, 7) is 2.03. The van der Waals surface area contributed by atoms with E-state index in [2.05, 4.69) is 6.07 Å². The number of hydrogen-bond donors (Lipinski definition) is 0. The van der Waals surface area contributed by atoms with E-state index in [4.69, 9.17) is 10.2 Å². The number of hydrogen-bond acceptors (Lipinski definition) is 4. The second-order valence-electron chi connectivity index (χ2n) is 6.77. The van der Waals surface area contributed by atoms with Crippen molar-refractivity contribution in [1.82, 2.24) is 9.55 Å². The van der Waals surface area contributed by atoms with Crippen molar-refractivity contribution in [1.29, 1.82) is 5.26 Å². The molecule has 1 aromatic heterocycles. The number of nitriles is 1. The fourth-order valence-electron chi connectivity index (χ4n) is 3.27. The Bertz CT molecular complexity index is 1240. The number of nitrogens with zero attached hydrogens (tertiary/aromatic N) is 3. The number of aromatic nitrogens is 2. The molecule has 4 aromatic rings. The van der Waals surface area contributed by atoms with E-state index in [0.717, 1.165) is 11.1 Å². The van der Waals surface area contributed by atoms with Crippen LogP contribution in [0.15, 0.2) is 88.8 Å². The lowest BCUT2D eigenvalue weighted by atomic mass is 10.1. The maximum Gasteiger partial charge on any atom is 0.262 e. The molecule has 142 valence electrons. The third kappa shape index (κ3) is 3.94. The zero-order chi connectivity index (χ0) is 20.2. The minimum atomic E-state index is -0.135. The largest absolute Gasteiger partial charge is 0.280 e. The van der Waals surface area contributed by atoms with Crippen molar-refractivity contribution in [2.24, 2.45) is 0 Å². The van der Waals surface area contributed by atoms with Crippen LogP contribution in [0.3, 0.4) is 0 Å². The van der Waals surface area contributed by atoms with Gasteiger partial charge in [0.2, 0.25) is 0 Å². The molecule has 1 heterocycles. The van der Waals surface area contributed by atoms with Gasteiger partial charge < -0.3 is 0 Å². The van der Waals surface area contributed by atoms with E-state index in [1.54, 1.807) is 4.57 Å². The molecule has 0 bridgehead atoms. The Kier molecular flexibility index (Phi) is 5.46. The molecule has 4 rings (SSSR count). The van der Waals surface area contributed by atoms with Crippen molar-refractivity contribution in [2.45, 2.75) is 23.9 Å². The van der Waals surface area contributed by atoms with E-state index in [9.17, 15) is 4.79 Å². The van der Waals surface area contributed by atoms with Gasteiger partial charge in [0, 0.05) is 5.75 Å². The number of fused-ring (bicyclic) bond motifs is 1. The molecule has 1 atom stereocenters. The fraction of sp³-hybridized carbons (Fsp3) is 0.125. The summed E-state index contributed by atoms with van der Waals surface area (Å²) < 4.78 is 1.78. The van der Waals surface area contributed by atoms with E-state index < -0.39 is 0 Å². The summed E-state index contributed by atoms with van der Waals surface area (Å²) >= 11 is 1.53. The van der Waals surface area contributed by atoms with Gasteiger partial charge in [-0.1, -0.05) is 66.4 Å². The summed E-state index contributed by atoms with van der Waals surface area (Å²) in [6, 6.07) is 27.0. The van der Waals surface area contributed by atoms with Crippen LogP contribution < -0.4 is 5.56 Å². The molecule has 0 amide bonds. The van der Waals surface area contributed by atoms with Gasteiger partial charge in [-0.3, -0.25) is 9.36 Å². The van der Waals surface area contributed by atoms with Crippen molar-refractivity contribution in [3.63, 3.8) is 0 Å². The summed E-state index contributed by atoms with van der Waals surface area (Å²) in [5.74, 6) is 0.665. The smallest absolute Gasteiger partial charge is 0.262 e. The molecule has 0 unspecified atom stereocenters. The summed E-state index contributed by atoms with van der Waals surface area (Å²) in [5, 5.41) is 10.3. The van der Waals surface area contributed by atoms with Gasteiger partial charge in [0.1, 0.15) is 0 Å². The summed E-state index contributed by atoms with van der Waals surface area (Å²) in [5.41, 5.74) is 3.45. The minimum absolute atomic E-state index is 0.0331. The lowest BCUT2D eigenvalue weighted by molar-refractivity contribution is 0.548. The molecule has 0 saturated heterocycles. The van der Waals surface area contributed by atoms with Crippen molar-refractivity contribution in [3.8, 4) is 6.07 Å². The van der Waals surface area contributed by atoms with Crippen LogP contribution in [0.1, 0.15) is 29.7 Å². The van der Waals surface area contributed by atoms with Crippen molar-refractivity contribution < 1.29 is 0 Å². The molecule has 4 nitrogen and oxygen atoms in total. The van der Waals surface area contributed by atoms with E-state index in [1.807, 2.05) is 85.8 Å². The Balaban J connectivity index is 1.76. The molecule has 29 heavy (non-hydrogen) atoms. The van der Waals surface area contributed by atoms with Crippen LogP contribution in [-0.2, 0) is 5.75 Å². The minimum Gasteiger partial charge on any atom is -0.280 e. The molecule has 0 fully saturated rings. The maximum absolute atomic E-state index is 13.3. The number of rotatable bonds is 5. The van der Waals surface area contributed by atoms with E-state index in [1.165, 1.54) is 11.8 Å². The Morgan fingerprint density at radius 1 is 1.00 bits per heavy atom. The summed E-state index contributed by atoms with van der Waals surface area (Å²) in [7, 11) is 0. The molecular formula is C24H19N3OS. The van der Waals surface area contributed by atoms with Crippen LogP contribution in [0.25, 0.3) is 10.9 Å². The standard InChI is InChI=1S/C24H19N3OS/c1-17(20-7-3-2-4-8-20)27-23(28)21-9-5-6-10-22(21)26-24(27)29-16-19-13-11-18(15-25)12-14-19/h2-14,17H,16H2,1H3/t17-/m0/s1. The van der Waals surface area contributed by atoms with Crippen LogP contribution >= 0.6 is 11.8 Å². The number of thioether (sulfide) groups is 1. The fourth-order valence-corrected chi connectivity index (χ4v) is 4.30. The topological polar surface area (TPSA) is 58.7 Å². The molecule has 5 heteroatoms. The highest BCUT2D eigenvalue weighted by Crippen LogP contribution is 2.27. The van der Waals surface area contributed by atoms with Crippen LogP contribution in [-0.4, -0.2) is 9.55 Å². The Morgan fingerprint density at radius 2 is 1.69 bits per heavy atom. The maximum atomic E-state index is 13.3. The predicted octanol–water partition coefficient (Wildman–Crippen LogP) is 5.17. The molecule has 0 aliphatic heterocycles. The second-order valence-corrected chi connectivity index (χ2v) is 7.71. The molecule has 0 radical (unpaired) electrons. The first-order valence-electron chi connectivity index (χ1n) is 9.35. The monoisotopic (exact) mass is 397 g/mol. The van der Waals surface area contributed by atoms with Gasteiger partial charge in [-0.25, -0.2) is 4.98 Å². The molecular weight excluding hydrogens is 378 g/mol. The van der Waals surface area contributed by atoms with E-state index in [-0.39, 0.29) is 11.6 Å². The number of benzene rings is 3. The zero-order valence-corrected chi connectivity index (χ0v) is 16.8. The average molecular weight is 398 g/mol. The first kappa shape index (κ1) is 19.0. The summed E-state index contributed by atoms with van der Waals surface area (Å²) in [6.07, 6.45) is 0. The lowest BCUT2D eigenvalue weighted by Crippen LogP contribution is -2.27. The van der Waals surface area contributed by atoms with Crippen molar-refractivity contribution in [3.05, 3.63) is 106 Å². The Hall–Kier alpha value is -3.36. The molecule has 0 aliphatic carbocycles. The van der Waals surface area contributed by atoms with Crippen LogP contribution in [0.2, 0.25) is 0 Å². The predicted molar refractivity (Wildman–Crippen MR) is 117 cm³/mol. The zero-order valence-electron chi connectivity index (χ0n) is 15.9. The van der Waals surface area contributed by atoms with Gasteiger partial charge in [0.25, 0.3) is 5.56 Å². The molecule has 0 N–H and O–H groups in total. The lowest BCUT2D eigenvalue weighted by Gasteiger charge is -2.20. The van der Waals surface area contributed by atoms with Crippen LogP contribution in [0, 0.1) is 11.3 Å². The van der Waals surface area contributed by atoms with Crippen LogP contribution in [0.5, 0.6) is 0 Å². The van der Waals surface area contributed by atoms with Gasteiger partial charge in [0.05, 0.1) is 28.6 Å². The van der Waals surface area contributed by atoms with Crippen LogP contribution in [0.4, 0.5) is 0 Å². The Labute approximate surface area is 173 Å². The third-order valence-electron chi connectivity index (χ3n) is 4.90. The molecule has 0 aliphatic rings. The quantitative estimate of drug-likeness (QED) is 0.344. The van der Waals surface area contributed by atoms with Crippen molar-refractivity contribution >= 4 is 22.7 Å². The van der Waals surface area contributed by atoms with Crippen molar-refractivity contribution in [2.75, 3.05) is 0 Å². The van der Waals surface area contributed by atoms with Gasteiger partial charge in [-0.2, -0.15) is 5.26 Å². The molecule has 0 spiro atoms. The summed E-state index contributed by atoms with van der Waals surface area (Å²) in [4.78, 5) is 18.1. The first-order valence-corrected chi connectivity index (χ1v) is 10.3. The van der Waals surface area contributed by atoms with E-state index >= 15 is 0 Å². The normalized spacial score (nSPS) is 11.9. The molecule has 3 aromatic carbocycles. The Morgan fingerprint density at radius 3 is 2.41 bits per heavy atom. The molecule has 0 saturated carbocycles. The highest BCUT2D eigenvalue weighted by Gasteiger charge is 2.18.